The summed E-state index contributed by atoms with van der Waals surface area (Å²) in [5.74, 6) is -3.61. The minimum absolute atomic E-state index is 0.490. The van der Waals surface area contributed by atoms with Crippen molar-refractivity contribution in [2.24, 2.45) is 11.8 Å². The molecule has 3 heteroatoms. The van der Waals surface area contributed by atoms with Gasteiger partial charge in [-0.25, -0.2) is 13.2 Å². The molecular weight excluding hydrogens is 165 g/mol. The molecule has 68 valence electrons. The fourth-order valence-electron chi connectivity index (χ4n) is 1.48. The van der Waals surface area contributed by atoms with Crippen LogP contribution in [-0.2, 0) is 0 Å². The molecule has 1 aliphatic carbocycles. The van der Waals surface area contributed by atoms with Crippen molar-refractivity contribution >= 4 is 0 Å². The van der Waals surface area contributed by atoms with Crippen molar-refractivity contribution in [3.63, 3.8) is 0 Å². The molecule has 0 radical (unpaired) electrons. The van der Waals surface area contributed by atoms with Gasteiger partial charge in [-0.2, -0.15) is 0 Å². The lowest BCUT2D eigenvalue weighted by Crippen LogP contribution is -2.16. The smallest absolute Gasteiger partial charge is 0.157 e. The summed E-state index contributed by atoms with van der Waals surface area (Å²) in [6, 6.07) is 0. The predicted molar refractivity (Wildman–Crippen MR) is 41.4 cm³/mol. The zero-order valence-electron chi connectivity index (χ0n) is 7.07. The molecule has 0 aromatic rings. The van der Waals surface area contributed by atoms with Crippen molar-refractivity contribution in [2.75, 3.05) is 0 Å². The summed E-state index contributed by atoms with van der Waals surface area (Å²) in [4.78, 5) is 0. The monoisotopic (exact) mass is 176 g/mol. The third-order valence-corrected chi connectivity index (χ3v) is 2.29. The molecule has 0 fully saturated rings. The summed E-state index contributed by atoms with van der Waals surface area (Å²) in [5, 5.41) is 0. The van der Waals surface area contributed by atoms with E-state index in [1.807, 2.05) is 0 Å². The molecule has 0 heterocycles. The van der Waals surface area contributed by atoms with Gasteiger partial charge in [0, 0.05) is 17.9 Å². The molecule has 2 unspecified atom stereocenters. The minimum Gasteiger partial charge on any atom is -0.211 e. The highest BCUT2D eigenvalue weighted by molar-refractivity contribution is 5.26. The first kappa shape index (κ1) is 9.36. The molecule has 0 amide bonds. The average Bonchev–Trinajstić information content (AvgIpc) is 2.01. The molecule has 0 saturated carbocycles. The Kier molecular flexibility index (Phi) is 2.60. The lowest BCUT2D eigenvalue weighted by molar-refractivity contribution is 0.305. The van der Waals surface area contributed by atoms with Gasteiger partial charge in [0.25, 0.3) is 0 Å². The maximum atomic E-state index is 12.9. The van der Waals surface area contributed by atoms with Crippen molar-refractivity contribution in [3.8, 4) is 0 Å². The van der Waals surface area contributed by atoms with Crippen molar-refractivity contribution < 1.29 is 13.2 Å². The fourth-order valence-corrected chi connectivity index (χ4v) is 1.48. The number of hydrogen-bond acceptors (Lipinski definition) is 0. The van der Waals surface area contributed by atoms with Crippen LogP contribution in [0.15, 0.2) is 23.6 Å². The van der Waals surface area contributed by atoms with Crippen LogP contribution in [0.4, 0.5) is 13.2 Å². The molecule has 0 aromatic heterocycles. The zero-order chi connectivity index (χ0) is 9.30. The van der Waals surface area contributed by atoms with Crippen molar-refractivity contribution in [3.05, 3.63) is 23.6 Å². The van der Waals surface area contributed by atoms with Crippen molar-refractivity contribution in [2.45, 2.75) is 20.3 Å². The number of allylic oxidation sites excluding steroid dienone is 4. The topological polar surface area (TPSA) is 0 Å². The Hall–Kier alpha value is -0.730. The Morgan fingerprint density at radius 1 is 1.33 bits per heavy atom. The van der Waals surface area contributed by atoms with E-state index in [-0.39, 0.29) is 0 Å². The van der Waals surface area contributed by atoms with Gasteiger partial charge in [0.1, 0.15) is 11.7 Å². The van der Waals surface area contributed by atoms with Crippen LogP contribution in [0.5, 0.6) is 0 Å². The second-order valence-corrected chi connectivity index (χ2v) is 3.03. The third-order valence-electron chi connectivity index (χ3n) is 2.29. The maximum absolute atomic E-state index is 12.9. The van der Waals surface area contributed by atoms with Gasteiger partial charge in [-0.3, -0.25) is 0 Å². The van der Waals surface area contributed by atoms with Gasteiger partial charge in [-0.1, -0.05) is 13.8 Å². The van der Waals surface area contributed by atoms with Crippen LogP contribution in [0.25, 0.3) is 0 Å². The molecular formula is C9H11F3. The van der Waals surface area contributed by atoms with Crippen LogP contribution >= 0.6 is 0 Å². The van der Waals surface area contributed by atoms with Crippen LogP contribution in [0, 0.1) is 11.8 Å². The van der Waals surface area contributed by atoms with Gasteiger partial charge in [0.15, 0.2) is 5.83 Å². The van der Waals surface area contributed by atoms with Gasteiger partial charge >= 0.3 is 0 Å². The van der Waals surface area contributed by atoms with E-state index in [0.29, 0.717) is 12.5 Å². The highest BCUT2D eigenvalue weighted by Gasteiger charge is 2.30. The Bertz CT molecular complexity index is 240. The Balaban J connectivity index is 2.98. The maximum Gasteiger partial charge on any atom is 0.157 e. The van der Waals surface area contributed by atoms with E-state index in [1.54, 1.807) is 6.92 Å². The van der Waals surface area contributed by atoms with Gasteiger partial charge in [-0.05, 0) is 6.42 Å². The zero-order valence-corrected chi connectivity index (χ0v) is 7.07. The van der Waals surface area contributed by atoms with E-state index in [9.17, 15) is 13.2 Å². The first-order chi connectivity index (χ1) is 5.57. The van der Waals surface area contributed by atoms with E-state index in [4.69, 9.17) is 0 Å². The molecule has 0 saturated heterocycles. The van der Waals surface area contributed by atoms with E-state index < -0.39 is 29.3 Å². The minimum atomic E-state index is -1.07. The molecule has 1 rings (SSSR count). The SMILES string of the molecule is CCC1C(F)=CC(F)=C(F)C1C. The standard InChI is InChI=1S/C9H11F3/c1-3-6-5(2)9(12)8(11)4-7(6)10/h4-6H,3H2,1-2H3. The van der Waals surface area contributed by atoms with E-state index >= 15 is 0 Å². The summed E-state index contributed by atoms with van der Waals surface area (Å²) >= 11 is 0. The van der Waals surface area contributed by atoms with Crippen LogP contribution in [0.2, 0.25) is 0 Å². The van der Waals surface area contributed by atoms with Crippen molar-refractivity contribution in [1.29, 1.82) is 0 Å². The molecule has 0 aromatic carbocycles. The van der Waals surface area contributed by atoms with E-state index in [2.05, 4.69) is 0 Å². The first-order valence-electron chi connectivity index (χ1n) is 4.00. The summed E-state index contributed by atoms with van der Waals surface area (Å²) in [7, 11) is 0. The van der Waals surface area contributed by atoms with E-state index in [1.165, 1.54) is 6.92 Å². The van der Waals surface area contributed by atoms with Gasteiger partial charge in [0.2, 0.25) is 0 Å². The van der Waals surface area contributed by atoms with E-state index in [0.717, 1.165) is 0 Å². The molecule has 0 aliphatic heterocycles. The lowest BCUT2D eigenvalue weighted by atomic mass is 9.86. The largest absolute Gasteiger partial charge is 0.211 e. The second-order valence-electron chi connectivity index (χ2n) is 3.03. The number of halogens is 3. The average molecular weight is 176 g/mol. The summed E-state index contributed by atoms with van der Waals surface area (Å²) in [6.45, 7) is 3.25. The summed E-state index contributed by atoms with van der Waals surface area (Å²) in [6.07, 6.45) is 1.13. The molecule has 2 atom stereocenters. The van der Waals surface area contributed by atoms with Crippen LogP contribution in [0.3, 0.4) is 0 Å². The quantitative estimate of drug-likeness (QED) is 0.571. The van der Waals surface area contributed by atoms with Crippen LogP contribution in [0.1, 0.15) is 20.3 Å². The second kappa shape index (κ2) is 3.33. The van der Waals surface area contributed by atoms with Crippen LogP contribution in [-0.4, -0.2) is 0 Å². The Labute approximate surface area is 69.8 Å². The van der Waals surface area contributed by atoms with Gasteiger partial charge in [0.05, 0.1) is 0 Å². The van der Waals surface area contributed by atoms with Gasteiger partial charge in [-0.15, -0.1) is 0 Å². The molecule has 12 heavy (non-hydrogen) atoms. The first-order valence-corrected chi connectivity index (χ1v) is 4.00. The normalized spacial score (nSPS) is 30.6. The molecule has 1 aliphatic rings. The molecule has 0 spiro atoms. The molecule has 0 nitrogen and oxygen atoms in total. The van der Waals surface area contributed by atoms with Crippen molar-refractivity contribution in [1.82, 2.24) is 0 Å². The highest BCUT2D eigenvalue weighted by Crippen LogP contribution is 2.37. The van der Waals surface area contributed by atoms with Crippen LogP contribution < -0.4 is 0 Å². The highest BCUT2D eigenvalue weighted by atomic mass is 19.2. The Morgan fingerprint density at radius 2 is 1.92 bits per heavy atom. The lowest BCUT2D eigenvalue weighted by Gasteiger charge is -2.23. The number of hydrogen-bond donors (Lipinski definition) is 0. The third kappa shape index (κ3) is 1.40. The molecule has 0 bridgehead atoms. The Morgan fingerprint density at radius 3 is 2.42 bits per heavy atom. The predicted octanol–water partition coefficient (Wildman–Crippen LogP) is 3.67. The molecule has 0 N–H and O–H groups in total. The van der Waals surface area contributed by atoms with Gasteiger partial charge < -0.3 is 0 Å². The summed E-state index contributed by atoms with van der Waals surface area (Å²) < 4.78 is 38.4. The summed E-state index contributed by atoms with van der Waals surface area (Å²) in [5.41, 5.74) is 0. The fraction of sp³-hybridized carbons (Fsp3) is 0.556. The number of rotatable bonds is 1.